The lowest BCUT2D eigenvalue weighted by Crippen LogP contribution is -2.46. The summed E-state index contributed by atoms with van der Waals surface area (Å²) in [6, 6.07) is 16.9. The van der Waals surface area contributed by atoms with E-state index in [0.29, 0.717) is 0 Å². The first-order valence-corrected chi connectivity index (χ1v) is 7.29. The molecule has 1 aromatic heterocycles. The molecule has 0 amide bonds. The van der Waals surface area contributed by atoms with Gasteiger partial charge in [-0.15, -0.1) is 0 Å². The van der Waals surface area contributed by atoms with E-state index in [2.05, 4.69) is 63.5 Å². The van der Waals surface area contributed by atoms with Crippen molar-refractivity contribution in [3.05, 3.63) is 54.8 Å². The summed E-state index contributed by atoms with van der Waals surface area (Å²) in [6.07, 6.45) is 1.69. The van der Waals surface area contributed by atoms with Crippen LogP contribution in [-0.4, -0.2) is 31.3 Å². The number of hydrogen-bond donors (Lipinski definition) is 0. The minimum absolute atomic E-state index is 0.929. The zero-order valence-corrected chi connectivity index (χ0v) is 11.8. The van der Waals surface area contributed by atoms with Gasteiger partial charge in [-0.25, -0.2) is 0 Å². The number of anilines is 2. The highest BCUT2D eigenvalue weighted by Crippen LogP contribution is 2.23. The molecule has 4 rings (SSSR count). The van der Waals surface area contributed by atoms with E-state index in [0.717, 1.165) is 37.1 Å². The van der Waals surface area contributed by atoms with Crippen LogP contribution in [0, 0.1) is 0 Å². The number of nitrogens with zero attached hydrogens (tertiary/aromatic N) is 3. The summed E-state index contributed by atoms with van der Waals surface area (Å²) in [4.78, 5) is 4.85. The van der Waals surface area contributed by atoms with Crippen LogP contribution in [0.1, 0.15) is 0 Å². The number of benzene rings is 2. The van der Waals surface area contributed by atoms with Gasteiger partial charge >= 0.3 is 0 Å². The maximum Gasteiger partial charge on any atom is 0.131 e. The summed E-state index contributed by atoms with van der Waals surface area (Å²) in [7, 11) is 0. The molecular weight excluding hydrogens is 262 g/mol. The number of fused-ring (bicyclic) bond motifs is 1. The lowest BCUT2D eigenvalue weighted by Gasteiger charge is -2.37. The van der Waals surface area contributed by atoms with Gasteiger partial charge < -0.3 is 14.3 Å². The molecule has 2 heterocycles. The van der Waals surface area contributed by atoms with Crippen molar-refractivity contribution in [3.8, 4) is 0 Å². The molecule has 21 heavy (non-hydrogen) atoms. The normalized spacial score (nSPS) is 15.6. The van der Waals surface area contributed by atoms with Crippen molar-refractivity contribution in [2.75, 3.05) is 36.0 Å². The molecule has 1 aliphatic heterocycles. The van der Waals surface area contributed by atoms with Gasteiger partial charge in [0.1, 0.15) is 11.8 Å². The lowest BCUT2D eigenvalue weighted by molar-refractivity contribution is 0.428. The molecule has 1 fully saturated rings. The standard InChI is InChI=1S/C17H17N3O/c1-2-4-15(5-3-1)19-8-10-20(11-9-19)16-7-6-14-13-21-18-17(14)12-16/h1-7,12-13H,8-11H2. The smallest absolute Gasteiger partial charge is 0.131 e. The van der Waals surface area contributed by atoms with Gasteiger partial charge in [-0.1, -0.05) is 23.4 Å². The second kappa shape index (κ2) is 5.13. The van der Waals surface area contributed by atoms with Crippen molar-refractivity contribution in [3.63, 3.8) is 0 Å². The molecule has 106 valence electrons. The summed E-state index contributed by atoms with van der Waals surface area (Å²) < 4.78 is 5.01. The van der Waals surface area contributed by atoms with Crippen LogP contribution in [0.15, 0.2) is 59.3 Å². The average molecular weight is 279 g/mol. The van der Waals surface area contributed by atoms with E-state index in [9.17, 15) is 0 Å². The summed E-state index contributed by atoms with van der Waals surface area (Å²) >= 11 is 0. The minimum atomic E-state index is 0.929. The zero-order chi connectivity index (χ0) is 14.1. The fourth-order valence-corrected chi connectivity index (χ4v) is 2.91. The van der Waals surface area contributed by atoms with Crippen LogP contribution in [-0.2, 0) is 0 Å². The van der Waals surface area contributed by atoms with Gasteiger partial charge in [0.05, 0.1) is 0 Å². The highest BCUT2D eigenvalue weighted by Gasteiger charge is 2.17. The Morgan fingerprint density at radius 1 is 0.810 bits per heavy atom. The maximum atomic E-state index is 5.01. The molecule has 4 nitrogen and oxygen atoms in total. The number of aromatic nitrogens is 1. The third kappa shape index (κ3) is 2.33. The summed E-state index contributed by atoms with van der Waals surface area (Å²) in [5.74, 6) is 0. The maximum absolute atomic E-state index is 5.01. The molecule has 2 aromatic carbocycles. The first-order valence-electron chi connectivity index (χ1n) is 7.29. The Hall–Kier alpha value is -2.49. The van der Waals surface area contributed by atoms with Gasteiger partial charge in [-0.2, -0.15) is 0 Å². The Morgan fingerprint density at radius 2 is 1.52 bits per heavy atom. The fourth-order valence-electron chi connectivity index (χ4n) is 2.91. The van der Waals surface area contributed by atoms with Crippen molar-refractivity contribution >= 4 is 22.3 Å². The van der Waals surface area contributed by atoms with E-state index < -0.39 is 0 Å². The van der Waals surface area contributed by atoms with Crippen LogP contribution >= 0.6 is 0 Å². The summed E-state index contributed by atoms with van der Waals surface area (Å²) in [5.41, 5.74) is 3.46. The minimum Gasteiger partial charge on any atom is -0.368 e. The van der Waals surface area contributed by atoms with Crippen LogP contribution < -0.4 is 9.80 Å². The molecule has 0 N–H and O–H groups in total. The van der Waals surface area contributed by atoms with Crippen molar-refractivity contribution in [1.29, 1.82) is 0 Å². The van der Waals surface area contributed by atoms with Crippen molar-refractivity contribution in [2.24, 2.45) is 0 Å². The molecule has 1 aliphatic rings. The molecule has 3 aromatic rings. The van der Waals surface area contributed by atoms with Crippen LogP contribution in [0.2, 0.25) is 0 Å². The second-order valence-corrected chi connectivity index (χ2v) is 5.37. The predicted octanol–water partition coefficient (Wildman–Crippen LogP) is 3.15. The Morgan fingerprint density at radius 3 is 2.29 bits per heavy atom. The first-order chi connectivity index (χ1) is 10.4. The van der Waals surface area contributed by atoms with Crippen LogP contribution in [0.25, 0.3) is 10.9 Å². The molecule has 0 aliphatic carbocycles. The molecule has 4 heteroatoms. The third-order valence-electron chi connectivity index (χ3n) is 4.11. The SMILES string of the molecule is c1ccc(N2CCN(c3ccc4conc4c3)CC2)cc1. The van der Waals surface area contributed by atoms with Gasteiger partial charge in [0, 0.05) is 42.9 Å². The van der Waals surface area contributed by atoms with Gasteiger partial charge in [0.25, 0.3) is 0 Å². The summed E-state index contributed by atoms with van der Waals surface area (Å²) in [6.45, 7) is 4.14. The Labute approximate surface area is 123 Å². The molecule has 0 bridgehead atoms. The Kier molecular flexibility index (Phi) is 2.99. The number of para-hydroxylation sites is 1. The molecule has 0 radical (unpaired) electrons. The van der Waals surface area contributed by atoms with E-state index in [1.807, 2.05) is 0 Å². The Balaban J connectivity index is 1.49. The van der Waals surface area contributed by atoms with E-state index >= 15 is 0 Å². The average Bonchev–Trinajstić information content (AvgIpc) is 3.03. The van der Waals surface area contributed by atoms with E-state index in [1.54, 1.807) is 6.26 Å². The highest BCUT2D eigenvalue weighted by molar-refractivity contribution is 5.81. The molecule has 0 atom stereocenters. The van der Waals surface area contributed by atoms with E-state index in [-0.39, 0.29) is 0 Å². The van der Waals surface area contributed by atoms with Crippen molar-refractivity contribution in [1.82, 2.24) is 5.16 Å². The van der Waals surface area contributed by atoms with Crippen LogP contribution in [0.5, 0.6) is 0 Å². The topological polar surface area (TPSA) is 32.5 Å². The van der Waals surface area contributed by atoms with Gasteiger partial charge in [0.15, 0.2) is 0 Å². The summed E-state index contributed by atoms with van der Waals surface area (Å²) in [5, 5.41) is 5.08. The molecule has 0 unspecified atom stereocenters. The zero-order valence-electron chi connectivity index (χ0n) is 11.8. The van der Waals surface area contributed by atoms with Gasteiger partial charge in [-0.05, 0) is 30.3 Å². The quantitative estimate of drug-likeness (QED) is 0.721. The monoisotopic (exact) mass is 279 g/mol. The lowest BCUT2D eigenvalue weighted by atomic mass is 10.2. The second-order valence-electron chi connectivity index (χ2n) is 5.37. The van der Waals surface area contributed by atoms with Gasteiger partial charge in [0.2, 0.25) is 0 Å². The predicted molar refractivity (Wildman–Crippen MR) is 84.9 cm³/mol. The fraction of sp³-hybridized carbons (Fsp3) is 0.235. The van der Waals surface area contributed by atoms with Crippen molar-refractivity contribution < 1.29 is 4.52 Å². The van der Waals surface area contributed by atoms with E-state index in [1.165, 1.54) is 11.4 Å². The Bertz CT molecular complexity index is 730. The van der Waals surface area contributed by atoms with Crippen LogP contribution in [0.4, 0.5) is 11.4 Å². The third-order valence-corrected chi connectivity index (χ3v) is 4.11. The van der Waals surface area contributed by atoms with Crippen LogP contribution in [0.3, 0.4) is 0 Å². The number of piperazine rings is 1. The molecular formula is C17H17N3O. The molecule has 0 spiro atoms. The van der Waals surface area contributed by atoms with E-state index in [4.69, 9.17) is 4.52 Å². The molecule has 1 saturated heterocycles. The largest absolute Gasteiger partial charge is 0.368 e. The van der Waals surface area contributed by atoms with Crippen molar-refractivity contribution in [2.45, 2.75) is 0 Å². The first kappa shape index (κ1) is 12.3. The number of hydrogen-bond acceptors (Lipinski definition) is 4. The van der Waals surface area contributed by atoms with Gasteiger partial charge in [-0.3, -0.25) is 0 Å². The molecule has 0 saturated carbocycles. The number of rotatable bonds is 2. The highest BCUT2D eigenvalue weighted by atomic mass is 16.5.